The van der Waals surface area contributed by atoms with Gasteiger partial charge in [-0.25, -0.2) is 0 Å². The lowest BCUT2D eigenvalue weighted by molar-refractivity contribution is -0.132. The largest absolute Gasteiger partial charge is 0.336 e. The van der Waals surface area contributed by atoms with E-state index in [4.69, 9.17) is 0 Å². The molecule has 0 spiro atoms. The van der Waals surface area contributed by atoms with Gasteiger partial charge in [-0.15, -0.1) is 6.58 Å². The lowest BCUT2D eigenvalue weighted by Crippen LogP contribution is -2.46. The van der Waals surface area contributed by atoms with Crippen LogP contribution in [0.4, 0.5) is 0 Å². The molecule has 1 N–H and O–H groups in total. The van der Waals surface area contributed by atoms with Gasteiger partial charge in [-0.2, -0.15) is 11.8 Å². The summed E-state index contributed by atoms with van der Waals surface area (Å²) in [5.41, 5.74) is 0.960. The lowest BCUT2D eigenvalue weighted by Gasteiger charge is -2.34. The fourth-order valence-corrected chi connectivity index (χ4v) is 3.31. The molecule has 6 heteroatoms. The van der Waals surface area contributed by atoms with Crippen LogP contribution < -0.4 is 5.32 Å². The molecule has 0 radical (unpaired) electrons. The van der Waals surface area contributed by atoms with Gasteiger partial charge in [0.2, 0.25) is 5.91 Å². The predicted octanol–water partition coefficient (Wildman–Crippen LogP) is 5.15. The average Bonchev–Trinajstić information content (AvgIpc) is 2.75. The van der Waals surface area contributed by atoms with Crippen molar-refractivity contribution in [2.75, 3.05) is 38.4 Å². The topological polar surface area (TPSA) is 49.4 Å². The van der Waals surface area contributed by atoms with E-state index < -0.39 is 10.8 Å². The molecule has 1 atom stereocenters. The number of hydrogen-bond acceptors (Lipinski definition) is 4. The van der Waals surface area contributed by atoms with E-state index in [-0.39, 0.29) is 5.91 Å². The summed E-state index contributed by atoms with van der Waals surface area (Å²) in [5, 5.41) is 3.32. The summed E-state index contributed by atoms with van der Waals surface area (Å²) in [7, 11) is -0.981. The second-order valence-electron chi connectivity index (χ2n) is 6.71. The van der Waals surface area contributed by atoms with Crippen LogP contribution in [0, 0.1) is 0 Å². The number of amides is 1. The Labute approximate surface area is 192 Å². The summed E-state index contributed by atoms with van der Waals surface area (Å²) in [4.78, 5) is 15.4. The summed E-state index contributed by atoms with van der Waals surface area (Å²) in [6.07, 6.45) is 11.2. The molecule has 1 aromatic rings. The molecule has 1 unspecified atom stereocenters. The minimum absolute atomic E-state index is 0.136. The van der Waals surface area contributed by atoms with Gasteiger partial charge in [-0.3, -0.25) is 9.00 Å². The highest BCUT2D eigenvalue weighted by molar-refractivity contribution is 7.97. The van der Waals surface area contributed by atoms with E-state index in [0.717, 1.165) is 36.4 Å². The molecule has 1 amide bonds. The van der Waals surface area contributed by atoms with Crippen molar-refractivity contribution in [2.45, 2.75) is 64.3 Å². The number of thioether (sulfide) groups is 1. The molecule has 0 aliphatic carbocycles. The normalized spacial score (nSPS) is 13.8. The molecular formula is C24H44N2O2S2. The maximum Gasteiger partial charge on any atom is 0.227 e. The zero-order chi connectivity index (χ0) is 23.4. The third-order valence-electron chi connectivity index (χ3n) is 4.01. The van der Waals surface area contributed by atoms with Gasteiger partial charge in [-0.1, -0.05) is 52.3 Å². The third kappa shape index (κ3) is 14.0. The summed E-state index contributed by atoms with van der Waals surface area (Å²) in [5.74, 6) is 0.136. The Morgan fingerprint density at radius 2 is 1.67 bits per heavy atom. The van der Waals surface area contributed by atoms with Crippen LogP contribution in [-0.2, 0) is 22.0 Å². The average molecular weight is 457 g/mol. The smallest absolute Gasteiger partial charge is 0.227 e. The van der Waals surface area contributed by atoms with Crippen LogP contribution in [0.2, 0.25) is 0 Å². The van der Waals surface area contributed by atoms with Gasteiger partial charge in [-0.05, 0) is 56.1 Å². The summed E-state index contributed by atoms with van der Waals surface area (Å²) in [6.45, 7) is 14.5. The van der Waals surface area contributed by atoms with Crippen molar-refractivity contribution in [3.63, 3.8) is 0 Å². The number of nitrogens with one attached hydrogen (secondary N) is 1. The summed E-state index contributed by atoms with van der Waals surface area (Å²) in [6, 6.07) is 7.75. The van der Waals surface area contributed by atoms with Crippen molar-refractivity contribution in [2.24, 2.45) is 0 Å². The van der Waals surface area contributed by atoms with Crippen LogP contribution in [0.1, 0.15) is 52.5 Å². The van der Waals surface area contributed by atoms with Crippen LogP contribution in [0.25, 0.3) is 0 Å². The molecular weight excluding hydrogens is 412 g/mol. The van der Waals surface area contributed by atoms with Gasteiger partial charge < -0.3 is 10.2 Å². The Hall–Kier alpha value is -1.11. The molecule has 1 heterocycles. The Morgan fingerprint density at radius 1 is 1.20 bits per heavy atom. The quantitative estimate of drug-likeness (QED) is 0.601. The van der Waals surface area contributed by atoms with Crippen molar-refractivity contribution in [3.8, 4) is 0 Å². The fraction of sp³-hybridized carbons (Fsp3) is 0.625. The van der Waals surface area contributed by atoms with E-state index >= 15 is 0 Å². The summed E-state index contributed by atoms with van der Waals surface area (Å²) < 4.78 is 11.4. The first kappa shape index (κ1) is 31.1. The number of hydrogen-bond donors (Lipinski definition) is 1. The molecule has 1 aliphatic heterocycles. The van der Waals surface area contributed by atoms with Crippen LogP contribution in [-0.4, -0.2) is 59.5 Å². The Bertz CT molecular complexity index is 569. The molecule has 30 heavy (non-hydrogen) atoms. The van der Waals surface area contributed by atoms with Crippen molar-refractivity contribution in [1.82, 2.24) is 10.2 Å². The standard InChI is InChI=1S/C17H24N2O2S.C3H8.C2H6S.C2H6/c1-3-12-19(15-8-10-18-11-9-15)17(20)13-14-4-6-16(7-5-14)22(2)21;2*1-3-2;1-2/h3-7,15,18H,1,8-13H2,2H3;3H2,1-2H3;1-2H3;1-2H3. The molecule has 0 bridgehead atoms. The highest BCUT2D eigenvalue weighted by Crippen LogP contribution is 2.15. The van der Waals surface area contributed by atoms with Gasteiger partial charge in [0.15, 0.2) is 0 Å². The third-order valence-corrected chi connectivity index (χ3v) is 4.94. The fourth-order valence-electron chi connectivity index (χ4n) is 2.79. The minimum Gasteiger partial charge on any atom is -0.336 e. The first-order valence-corrected chi connectivity index (χ1v) is 14.1. The zero-order valence-electron chi connectivity index (χ0n) is 20.2. The molecule has 1 aliphatic rings. The van der Waals surface area contributed by atoms with Gasteiger partial charge in [0.25, 0.3) is 0 Å². The number of nitrogens with zero attached hydrogens (tertiary/aromatic N) is 1. The first-order valence-electron chi connectivity index (χ1n) is 10.9. The number of rotatable bonds is 6. The minimum atomic E-state index is -0.981. The van der Waals surface area contributed by atoms with E-state index in [1.54, 1.807) is 24.1 Å². The molecule has 0 saturated carbocycles. The van der Waals surface area contributed by atoms with Gasteiger partial charge in [0.05, 0.1) is 6.42 Å². The monoisotopic (exact) mass is 456 g/mol. The maximum absolute atomic E-state index is 12.6. The molecule has 1 saturated heterocycles. The number of carbonyl (C=O) groups is 1. The molecule has 4 nitrogen and oxygen atoms in total. The number of benzene rings is 1. The lowest BCUT2D eigenvalue weighted by atomic mass is 10.0. The van der Waals surface area contributed by atoms with E-state index in [1.807, 2.05) is 55.5 Å². The van der Waals surface area contributed by atoms with Crippen LogP contribution in [0.5, 0.6) is 0 Å². The highest BCUT2D eigenvalue weighted by atomic mass is 32.2. The van der Waals surface area contributed by atoms with E-state index in [1.165, 1.54) is 6.42 Å². The SMILES string of the molecule is C=CCN(C(=O)Cc1ccc(S(C)=O)cc1)C1CCNCC1.CC.CCC.CSC. The number of piperidine rings is 1. The predicted molar refractivity (Wildman–Crippen MR) is 137 cm³/mol. The first-order chi connectivity index (χ1) is 14.4. The molecule has 0 aromatic heterocycles. The number of carbonyl (C=O) groups excluding carboxylic acids is 1. The molecule has 2 rings (SSSR count). The van der Waals surface area contributed by atoms with Crippen molar-refractivity contribution in [1.29, 1.82) is 0 Å². The Balaban J connectivity index is 0. The van der Waals surface area contributed by atoms with E-state index in [9.17, 15) is 9.00 Å². The van der Waals surface area contributed by atoms with Crippen molar-refractivity contribution < 1.29 is 9.00 Å². The van der Waals surface area contributed by atoms with Gasteiger partial charge >= 0.3 is 0 Å². The van der Waals surface area contributed by atoms with Gasteiger partial charge in [0, 0.05) is 34.5 Å². The molecule has 174 valence electrons. The maximum atomic E-state index is 12.6. The second kappa shape index (κ2) is 21.1. The Kier molecular flexibility index (Phi) is 21.9. The van der Waals surface area contributed by atoms with Crippen molar-refractivity contribution >= 4 is 28.5 Å². The zero-order valence-corrected chi connectivity index (χ0v) is 21.8. The van der Waals surface area contributed by atoms with E-state index in [0.29, 0.717) is 19.0 Å². The molecule has 1 fully saturated rings. The van der Waals surface area contributed by atoms with Crippen LogP contribution >= 0.6 is 11.8 Å². The molecule has 1 aromatic carbocycles. The Morgan fingerprint density at radius 3 is 2.07 bits per heavy atom. The van der Waals surface area contributed by atoms with Crippen molar-refractivity contribution in [3.05, 3.63) is 42.5 Å². The summed E-state index contributed by atoms with van der Waals surface area (Å²) >= 11 is 1.75. The highest BCUT2D eigenvalue weighted by Gasteiger charge is 2.24. The van der Waals surface area contributed by atoms with Crippen LogP contribution in [0.3, 0.4) is 0 Å². The van der Waals surface area contributed by atoms with E-state index in [2.05, 4.69) is 25.7 Å². The van der Waals surface area contributed by atoms with Gasteiger partial charge in [0.1, 0.15) is 0 Å². The van der Waals surface area contributed by atoms with Crippen LogP contribution in [0.15, 0.2) is 41.8 Å². The second-order valence-corrected chi connectivity index (χ2v) is 8.90.